The van der Waals surface area contributed by atoms with E-state index in [0.29, 0.717) is 37.4 Å². The number of hydrogen-bond acceptors (Lipinski definition) is 8. The Kier molecular flexibility index (Phi) is 7.65. The summed E-state index contributed by atoms with van der Waals surface area (Å²) in [6.45, 7) is 5.88. The van der Waals surface area contributed by atoms with Crippen molar-refractivity contribution in [2.45, 2.75) is 31.3 Å². The van der Waals surface area contributed by atoms with Crippen molar-refractivity contribution in [1.82, 2.24) is 24.8 Å². The van der Waals surface area contributed by atoms with E-state index in [1.165, 1.54) is 30.5 Å². The van der Waals surface area contributed by atoms with Crippen molar-refractivity contribution < 1.29 is 18.3 Å². The normalized spacial score (nSPS) is 19.7. The van der Waals surface area contributed by atoms with Crippen molar-refractivity contribution in [1.29, 1.82) is 5.26 Å². The van der Waals surface area contributed by atoms with Crippen molar-refractivity contribution in [3.63, 3.8) is 0 Å². The van der Waals surface area contributed by atoms with Gasteiger partial charge in [0.25, 0.3) is 0 Å². The quantitative estimate of drug-likeness (QED) is 0.425. The maximum Gasteiger partial charge on any atom is 0.319 e. The third-order valence-electron chi connectivity index (χ3n) is 7.42. The Bertz CT molecular complexity index is 1440. The van der Waals surface area contributed by atoms with Crippen LogP contribution in [0.1, 0.15) is 19.3 Å². The fourth-order valence-corrected chi connectivity index (χ4v) is 5.26. The van der Waals surface area contributed by atoms with Gasteiger partial charge in [-0.2, -0.15) is 15.2 Å². The molecular weight excluding hydrogens is 504 g/mol. The molecule has 0 bridgehead atoms. The molecule has 0 radical (unpaired) electrons. The van der Waals surface area contributed by atoms with Gasteiger partial charge < -0.3 is 19.4 Å². The Morgan fingerprint density at radius 3 is 2.77 bits per heavy atom. The van der Waals surface area contributed by atoms with Gasteiger partial charge >= 0.3 is 6.01 Å². The number of nitrogens with zero attached hydrogens (tertiary/aromatic N) is 7. The van der Waals surface area contributed by atoms with Gasteiger partial charge in [0, 0.05) is 37.4 Å². The molecule has 202 valence electrons. The Labute approximate surface area is 225 Å². The molecule has 3 aromatic rings. The molecule has 2 atom stereocenters. The maximum absolute atomic E-state index is 16.0. The molecular formula is C28H29F2N7O2. The highest BCUT2D eigenvalue weighted by Crippen LogP contribution is 2.34. The van der Waals surface area contributed by atoms with Crippen molar-refractivity contribution in [2.75, 3.05) is 44.7 Å². The number of benzene rings is 1. The molecule has 11 heteroatoms. The Hall–Kier alpha value is -4.17. The minimum atomic E-state index is -0.780. The maximum atomic E-state index is 16.0. The molecule has 2 aliphatic rings. The highest BCUT2D eigenvalue weighted by molar-refractivity contribution is 5.92. The summed E-state index contributed by atoms with van der Waals surface area (Å²) >= 11 is 0. The molecule has 0 unspecified atom stereocenters. The minimum Gasteiger partial charge on any atom is -0.462 e. The number of piperazine rings is 1. The number of ether oxygens (including phenoxy) is 1. The standard InChI is InChI=1S/C28H29F2N7O2/c1-3-23(38)37-14-13-36(16-18(37)10-11-31)27-21-15-32-25(20-8-4-5-9-22(20)29)24(30)26(21)33-28(34-27)39-17-19-7-6-12-35(19)2/h3-5,8-9,15,18-19H,1,6-7,10,12-14,16-17H2,2H3/t18-,19-/m0/s1. The smallest absolute Gasteiger partial charge is 0.319 e. The number of aromatic nitrogens is 3. The first-order valence-electron chi connectivity index (χ1n) is 12.9. The van der Waals surface area contributed by atoms with Crippen LogP contribution in [-0.4, -0.2) is 82.6 Å². The summed E-state index contributed by atoms with van der Waals surface area (Å²) in [6.07, 6.45) is 4.82. The third-order valence-corrected chi connectivity index (χ3v) is 7.42. The zero-order chi connectivity index (χ0) is 27.5. The zero-order valence-corrected chi connectivity index (χ0v) is 21.7. The molecule has 1 amide bonds. The van der Waals surface area contributed by atoms with E-state index in [0.717, 1.165) is 19.4 Å². The van der Waals surface area contributed by atoms with Gasteiger partial charge in [-0.1, -0.05) is 18.7 Å². The van der Waals surface area contributed by atoms with Gasteiger partial charge in [-0.15, -0.1) is 0 Å². The van der Waals surface area contributed by atoms with Gasteiger partial charge in [-0.05, 0) is 44.6 Å². The van der Waals surface area contributed by atoms with E-state index in [1.807, 2.05) is 11.9 Å². The summed E-state index contributed by atoms with van der Waals surface area (Å²) in [7, 11) is 2.03. The van der Waals surface area contributed by atoms with Crippen LogP contribution in [0.2, 0.25) is 0 Å². The zero-order valence-electron chi connectivity index (χ0n) is 21.7. The molecule has 1 aromatic carbocycles. The SMILES string of the molecule is C=CC(=O)N1CCN(c2nc(OC[C@@H]3CCCN3C)nc3c(F)c(-c4ccccc4F)ncc23)C[C@@H]1CC#N. The number of anilines is 1. The highest BCUT2D eigenvalue weighted by atomic mass is 19.1. The highest BCUT2D eigenvalue weighted by Gasteiger charge is 2.32. The molecule has 5 rings (SSSR count). The van der Waals surface area contributed by atoms with Crippen LogP contribution in [-0.2, 0) is 4.79 Å². The van der Waals surface area contributed by atoms with E-state index in [1.54, 1.807) is 11.0 Å². The Balaban J connectivity index is 1.57. The topological polar surface area (TPSA) is 98.5 Å². The minimum absolute atomic E-state index is 0.00353. The average Bonchev–Trinajstić information content (AvgIpc) is 3.36. The second-order valence-corrected chi connectivity index (χ2v) is 9.78. The van der Waals surface area contributed by atoms with Crippen molar-refractivity contribution in [3.05, 3.63) is 54.8 Å². The van der Waals surface area contributed by atoms with Gasteiger partial charge in [0.05, 0.1) is 23.9 Å². The summed E-state index contributed by atoms with van der Waals surface area (Å²) in [5, 5.41) is 9.71. The molecule has 0 spiro atoms. The predicted octanol–water partition coefficient (Wildman–Crippen LogP) is 3.56. The lowest BCUT2D eigenvalue weighted by molar-refractivity contribution is -0.128. The Morgan fingerprint density at radius 1 is 1.23 bits per heavy atom. The number of amides is 1. The largest absolute Gasteiger partial charge is 0.462 e. The number of halogens is 2. The number of pyridine rings is 1. The van der Waals surface area contributed by atoms with Gasteiger partial charge in [-0.3, -0.25) is 9.78 Å². The summed E-state index contributed by atoms with van der Waals surface area (Å²) in [6, 6.07) is 7.77. The van der Waals surface area contributed by atoms with Crippen LogP contribution in [0.3, 0.4) is 0 Å². The molecule has 0 N–H and O–H groups in total. The summed E-state index contributed by atoms with van der Waals surface area (Å²) in [5.41, 5.74) is -0.169. The lowest BCUT2D eigenvalue weighted by atomic mass is 10.1. The van der Waals surface area contributed by atoms with Gasteiger partial charge in [0.2, 0.25) is 5.91 Å². The van der Waals surface area contributed by atoms with Crippen LogP contribution < -0.4 is 9.64 Å². The number of carbonyl (C=O) groups excluding carboxylic acids is 1. The number of fused-ring (bicyclic) bond motifs is 1. The van der Waals surface area contributed by atoms with Crippen molar-refractivity contribution >= 4 is 22.6 Å². The van der Waals surface area contributed by atoms with E-state index in [4.69, 9.17) is 4.74 Å². The lowest BCUT2D eigenvalue weighted by Crippen LogP contribution is -2.55. The molecule has 0 saturated carbocycles. The first-order chi connectivity index (χ1) is 18.9. The second-order valence-electron chi connectivity index (χ2n) is 9.78. The van der Waals surface area contributed by atoms with Gasteiger partial charge in [0.15, 0.2) is 5.82 Å². The van der Waals surface area contributed by atoms with Crippen molar-refractivity contribution in [3.8, 4) is 23.3 Å². The van der Waals surface area contributed by atoms with Crippen molar-refractivity contribution in [2.24, 2.45) is 0 Å². The van der Waals surface area contributed by atoms with E-state index in [9.17, 15) is 14.4 Å². The van der Waals surface area contributed by atoms with E-state index in [-0.39, 0.29) is 41.2 Å². The molecule has 4 heterocycles. The number of rotatable bonds is 7. The van der Waals surface area contributed by atoms with Gasteiger partial charge in [-0.25, -0.2) is 8.78 Å². The number of hydrogen-bond donors (Lipinski definition) is 0. The van der Waals surface area contributed by atoms with E-state index in [2.05, 4.69) is 32.5 Å². The molecule has 2 aliphatic heterocycles. The number of likely N-dealkylation sites (N-methyl/N-ethyl adjacent to an activating group) is 1. The number of carbonyl (C=O) groups is 1. The summed E-state index contributed by atoms with van der Waals surface area (Å²) in [4.78, 5) is 31.4. The molecule has 2 aromatic heterocycles. The monoisotopic (exact) mass is 533 g/mol. The number of likely N-dealkylation sites (tertiary alicyclic amines) is 1. The molecule has 0 aliphatic carbocycles. The summed E-state index contributed by atoms with van der Waals surface area (Å²) in [5.74, 6) is -1.25. The lowest BCUT2D eigenvalue weighted by Gasteiger charge is -2.41. The molecule has 2 fully saturated rings. The van der Waals surface area contributed by atoms with Crippen LogP contribution in [0.4, 0.5) is 14.6 Å². The van der Waals surface area contributed by atoms with Crippen LogP contribution in [0.25, 0.3) is 22.2 Å². The third kappa shape index (κ3) is 5.25. The fourth-order valence-electron chi connectivity index (χ4n) is 5.26. The molecule has 2 saturated heterocycles. The first kappa shape index (κ1) is 26.4. The Morgan fingerprint density at radius 2 is 2.05 bits per heavy atom. The van der Waals surface area contributed by atoms with Crippen LogP contribution in [0.5, 0.6) is 6.01 Å². The molecule has 39 heavy (non-hydrogen) atoms. The average molecular weight is 534 g/mol. The molecule has 9 nitrogen and oxygen atoms in total. The number of nitriles is 1. The van der Waals surface area contributed by atoms with Gasteiger partial charge in [0.1, 0.15) is 29.5 Å². The van der Waals surface area contributed by atoms with Crippen LogP contribution in [0.15, 0.2) is 43.1 Å². The summed E-state index contributed by atoms with van der Waals surface area (Å²) < 4.78 is 36.5. The second kappa shape index (κ2) is 11.3. The van der Waals surface area contributed by atoms with E-state index >= 15 is 4.39 Å². The fraction of sp³-hybridized carbons (Fsp3) is 0.393. The van der Waals surface area contributed by atoms with Crippen LogP contribution >= 0.6 is 0 Å². The first-order valence-corrected chi connectivity index (χ1v) is 12.9. The predicted molar refractivity (Wildman–Crippen MR) is 142 cm³/mol. The van der Waals surface area contributed by atoms with Crippen LogP contribution in [0, 0.1) is 23.0 Å². The van der Waals surface area contributed by atoms with E-state index < -0.39 is 17.7 Å².